The van der Waals surface area contributed by atoms with Crippen LogP contribution in [0.25, 0.3) is 10.6 Å². The normalized spacial score (nSPS) is 10.6. The topological polar surface area (TPSA) is 80.7 Å². The van der Waals surface area contributed by atoms with E-state index < -0.39 is 0 Å². The second-order valence-electron chi connectivity index (χ2n) is 4.48. The van der Waals surface area contributed by atoms with Gasteiger partial charge in [-0.05, 0) is 30.9 Å². The second kappa shape index (κ2) is 5.66. The molecule has 106 valence electrons. The fraction of sp³-hybridized carbons (Fsp3) is 0.154. The van der Waals surface area contributed by atoms with Gasteiger partial charge in [-0.25, -0.2) is 0 Å². The van der Waals surface area contributed by atoms with Crippen molar-refractivity contribution in [3.63, 3.8) is 0 Å². The summed E-state index contributed by atoms with van der Waals surface area (Å²) < 4.78 is 3.66. The quantitative estimate of drug-likeness (QED) is 0.803. The standard InChI is InChI=1S/C13H11N5OS2/c1-7-3-4-9(8(2)5-7)12-16-17-13(21-12)14-11(19)10-6-20-18-15-10/h3-6H,1-2H3,(H,14,17,19). The summed E-state index contributed by atoms with van der Waals surface area (Å²) in [5.74, 6) is -0.327. The van der Waals surface area contributed by atoms with Gasteiger partial charge >= 0.3 is 0 Å². The van der Waals surface area contributed by atoms with Crippen molar-refractivity contribution in [1.29, 1.82) is 0 Å². The summed E-state index contributed by atoms with van der Waals surface area (Å²) in [6.45, 7) is 4.08. The molecule has 0 radical (unpaired) electrons. The third-order valence-corrected chi connectivity index (χ3v) is 4.23. The SMILES string of the molecule is Cc1ccc(-c2nnc(NC(=O)c3csnn3)s2)c(C)c1. The zero-order valence-corrected chi connectivity index (χ0v) is 13.0. The molecule has 2 heterocycles. The molecule has 0 saturated heterocycles. The van der Waals surface area contributed by atoms with Crippen molar-refractivity contribution >= 4 is 33.9 Å². The maximum absolute atomic E-state index is 11.9. The van der Waals surface area contributed by atoms with Crippen molar-refractivity contribution in [3.05, 3.63) is 40.4 Å². The van der Waals surface area contributed by atoms with Crippen LogP contribution in [0.15, 0.2) is 23.6 Å². The number of hydrogen-bond donors (Lipinski definition) is 1. The molecule has 0 fully saturated rings. The lowest BCUT2D eigenvalue weighted by molar-refractivity contribution is 0.102. The molecule has 1 N–H and O–H groups in total. The first-order valence-corrected chi connectivity index (χ1v) is 7.78. The first-order valence-electron chi connectivity index (χ1n) is 6.13. The Morgan fingerprint density at radius 3 is 2.76 bits per heavy atom. The van der Waals surface area contributed by atoms with E-state index in [1.807, 2.05) is 26.0 Å². The van der Waals surface area contributed by atoms with Crippen LogP contribution in [-0.2, 0) is 0 Å². The molecule has 0 saturated carbocycles. The molecule has 0 aliphatic carbocycles. The largest absolute Gasteiger partial charge is 0.295 e. The Morgan fingerprint density at radius 1 is 1.19 bits per heavy atom. The van der Waals surface area contributed by atoms with Gasteiger partial charge in [0, 0.05) is 10.9 Å². The van der Waals surface area contributed by atoms with Crippen LogP contribution in [0.2, 0.25) is 0 Å². The molecule has 6 nitrogen and oxygen atoms in total. The van der Waals surface area contributed by atoms with E-state index in [-0.39, 0.29) is 11.6 Å². The van der Waals surface area contributed by atoms with Crippen LogP contribution < -0.4 is 5.32 Å². The first kappa shape index (κ1) is 13.8. The summed E-state index contributed by atoms with van der Waals surface area (Å²) in [4.78, 5) is 11.9. The molecule has 3 aromatic rings. The highest BCUT2D eigenvalue weighted by Crippen LogP contribution is 2.29. The number of benzene rings is 1. The van der Waals surface area contributed by atoms with E-state index >= 15 is 0 Å². The van der Waals surface area contributed by atoms with Gasteiger partial charge in [0.05, 0.1) is 0 Å². The molecule has 2 aromatic heterocycles. The highest BCUT2D eigenvalue weighted by Gasteiger charge is 2.14. The summed E-state index contributed by atoms with van der Waals surface area (Å²) in [5, 5.41) is 17.3. The Balaban J connectivity index is 1.82. The molecular weight excluding hydrogens is 306 g/mol. The molecule has 8 heteroatoms. The Bertz CT molecular complexity index is 782. The summed E-state index contributed by atoms with van der Waals surface area (Å²) in [7, 11) is 0. The molecule has 0 spiro atoms. The first-order chi connectivity index (χ1) is 10.1. The number of nitrogens with one attached hydrogen (secondary N) is 1. The molecule has 0 bridgehead atoms. The molecule has 1 amide bonds. The second-order valence-corrected chi connectivity index (χ2v) is 6.06. The van der Waals surface area contributed by atoms with Crippen LogP contribution >= 0.6 is 22.9 Å². The summed E-state index contributed by atoms with van der Waals surface area (Å²) in [6, 6.07) is 6.14. The molecule has 1 aromatic carbocycles. The van der Waals surface area contributed by atoms with Crippen molar-refractivity contribution in [3.8, 4) is 10.6 Å². The molecule has 3 rings (SSSR count). The third kappa shape index (κ3) is 2.96. The predicted octanol–water partition coefficient (Wildman–Crippen LogP) is 2.93. The van der Waals surface area contributed by atoms with Gasteiger partial charge < -0.3 is 0 Å². The molecular formula is C13H11N5OS2. The lowest BCUT2D eigenvalue weighted by Gasteiger charge is -2.02. The summed E-state index contributed by atoms with van der Waals surface area (Å²) >= 11 is 2.46. The van der Waals surface area contributed by atoms with Crippen LogP contribution in [0.3, 0.4) is 0 Å². The van der Waals surface area contributed by atoms with Crippen LogP contribution in [-0.4, -0.2) is 25.7 Å². The average molecular weight is 317 g/mol. The Labute approximate surface area is 129 Å². The van der Waals surface area contributed by atoms with Gasteiger partial charge in [0.1, 0.15) is 5.01 Å². The minimum absolute atomic E-state index is 0.281. The lowest BCUT2D eigenvalue weighted by atomic mass is 10.1. The number of nitrogens with zero attached hydrogens (tertiary/aromatic N) is 4. The Hall–Kier alpha value is -2.19. The van der Waals surface area contributed by atoms with E-state index in [2.05, 4.69) is 31.2 Å². The van der Waals surface area contributed by atoms with E-state index in [0.29, 0.717) is 5.13 Å². The van der Waals surface area contributed by atoms with Gasteiger partial charge in [-0.1, -0.05) is 39.6 Å². The predicted molar refractivity (Wildman–Crippen MR) is 82.7 cm³/mol. The fourth-order valence-corrected chi connectivity index (χ4v) is 3.13. The Morgan fingerprint density at radius 2 is 2.05 bits per heavy atom. The van der Waals surface area contributed by atoms with E-state index in [4.69, 9.17) is 0 Å². The average Bonchev–Trinajstić information content (AvgIpc) is 3.09. The number of carbonyl (C=O) groups is 1. The number of rotatable bonds is 3. The monoisotopic (exact) mass is 317 g/mol. The highest BCUT2D eigenvalue weighted by atomic mass is 32.1. The van der Waals surface area contributed by atoms with E-state index in [1.165, 1.54) is 16.9 Å². The fourth-order valence-electron chi connectivity index (χ4n) is 1.86. The highest BCUT2D eigenvalue weighted by molar-refractivity contribution is 7.18. The van der Waals surface area contributed by atoms with Crippen molar-refractivity contribution in [2.45, 2.75) is 13.8 Å². The number of amides is 1. The smallest absolute Gasteiger partial charge is 0.278 e. The van der Waals surface area contributed by atoms with Gasteiger partial charge in [0.15, 0.2) is 5.69 Å². The van der Waals surface area contributed by atoms with Crippen LogP contribution in [0, 0.1) is 13.8 Å². The van der Waals surface area contributed by atoms with E-state index in [1.54, 1.807) is 5.38 Å². The Kier molecular flexibility index (Phi) is 3.72. The van der Waals surface area contributed by atoms with Gasteiger partial charge in [0.25, 0.3) is 5.91 Å². The zero-order valence-electron chi connectivity index (χ0n) is 11.3. The number of carbonyl (C=O) groups excluding carboxylic acids is 1. The minimum Gasteiger partial charge on any atom is -0.295 e. The lowest BCUT2D eigenvalue weighted by Crippen LogP contribution is -2.12. The van der Waals surface area contributed by atoms with Crippen molar-refractivity contribution in [1.82, 2.24) is 19.8 Å². The molecule has 0 aliphatic rings. The third-order valence-electron chi connectivity index (χ3n) is 2.85. The van der Waals surface area contributed by atoms with Crippen LogP contribution in [0.5, 0.6) is 0 Å². The van der Waals surface area contributed by atoms with E-state index in [0.717, 1.165) is 27.7 Å². The summed E-state index contributed by atoms with van der Waals surface area (Å²) in [5.41, 5.74) is 3.63. The van der Waals surface area contributed by atoms with Crippen molar-refractivity contribution < 1.29 is 4.79 Å². The van der Waals surface area contributed by atoms with Gasteiger partial charge in [-0.3, -0.25) is 10.1 Å². The zero-order chi connectivity index (χ0) is 14.8. The van der Waals surface area contributed by atoms with Gasteiger partial charge in [0.2, 0.25) is 5.13 Å². The number of aryl methyl sites for hydroxylation is 2. The number of anilines is 1. The van der Waals surface area contributed by atoms with Crippen molar-refractivity contribution in [2.75, 3.05) is 5.32 Å². The van der Waals surface area contributed by atoms with E-state index in [9.17, 15) is 4.79 Å². The maximum atomic E-state index is 11.9. The minimum atomic E-state index is -0.327. The van der Waals surface area contributed by atoms with Crippen LogP contribution in [0.4, 0.5) is 5.13 Å². The summed E-state index contributed by atoms with van der Waals surface area (Å²) in [6.07, 6.45) is 0. The molecule has 0 aliphatic heterocycles. The number of aromatic nitrogens is 4. The molecule has 0 atom stereocenters. The number of hydrogen-bond acceptors (Lipinski definition) is 7. The van der Waals surface area contributed by atoms with Crippen molar-refractivity contribution in [2.24, 2.45) is 0 Å². The molecule has 0 unspecified atom stereocenters. The molecule has 21 heavy (non-hydrogen) atoms. The maximum Gasteiger partial charge on any atom is 0.278 e. The van der Waals surface area contributed by atoms with Crippen LogP contribution in [0.1, 0.15) is 21.6 Å². The van der Waals surface area contributed by atoms with Gasteiger partial charge in [-0.15, -0.1) is 15.3 Å². The van der Waals surface area contributed by atoms with Gasteiger partial charge in [-0.2, -0.15) is 0 Å².